The molecule has 2 rings (SSSR count). The van der Waals surface area contributed by atoms with Gasteiger partial charge in [0.2, 0.25) is 0 Å². The van der Waals surface area contributed by atoms with E-state index in [0.717, 1.165) is 0 Å². The molecule has 1 saturated carbocycles. The van der Waals surface area contributed by atoms with Crippen molar-refractivity contribution in [2.45, 2.75) is 12.8 Å². The summed E-state index contributed by atoms with van der Waals surface area (Å²) in [6.45, 7) is 0. The lowest BCUT2D eigenvalue weighted by atomic mass is 10.6. The Labute approximate surface area is 52.6 Å². The number of hydrogen-bond donors (Lipinski definition) is 1. The van der Waals surface area contributed by atoms with Gasteiger partial charge in [-0.2, -0.15) is 0 Å². The normalized spacial score (nSPS) is 29.8. The van der Waals surface area contributed by atoms with Crippen molar-refractivity contribution in [3.05, 3.63) is 28.2 Å². The third-order valence-electron chi connectivity index (χ3n) is 1.44. The second-order valence-corrected chi connectivity index (χ2v) is 4.20. The van der Waals surface area contributed by atoms with E-state index in [0.29, 0.717) is 0 Å². The Hall–Kier alpha value is -0.170. The highest BCUT2D eigenvalue weighted by Crippen LogP contribution is 2.56. The predicted octanol–water partition coefficient (Wildman–Crippen LogP) is 2.35. The lowest BCUT2D eigenvalue weighted by molar-refractivity contribution is 1.50. The average Bonchev–Trinajstić information content (AvgIpc) is 2.49. The van der Waals surface area contributed by atoms with Crippen LogP contribution in [0.1, 0.15) is 12.8 Å². The van der Waals surface area contributed by atoms with Gasteiger partial charge in [0.15, 0.2) is 0 Å². The van der Waals surface area contributed by atoms with Gasteiger partial charge in [0.1, 0.15) is 0 Å². The Morgan fingerprint density at radius 1 is 1.12 bits per heavy atom. The van der Waals surface area contributed by atoms with Gasteiger partial charge in [-0.05, 0) is 23.7 Å². The molecule has 0 aromatic rings. The largest absolute Gasteiger partial charge is 0.206 e. The van der Waals surface area contributed by atoms with Crippen molar-refractivity contribution >= 4 is 10.9 Å². The lowest BCUT2D eigenvalue weighted by Gasteiger charge is -2.03. The first-order valence-electron chi connectivity index (χ1n) is 2.95. The van der Waals surface area contributed by atoms with Crippen LogP contribution < -0.4 is 0 Å². The summed E-state index contributed by atoms with van der Waals surface area (Å²) in [5.74, 6) is 0. The highest BCUT2D eigenvalue weighted by atomic mass is 32.2. The smallest absolute Gasteiger partial charge is 0.0181 e. The standard InChI is InChI=1S/C7H9S/c1-2-6-8(5-1)7-3-4-7/h1-2,5-6,8H,3-4H2. The van der Waals surface area contributed by atoms with E-state index in [1.807, 2.05) is 0 Å². The molecule has 1 heterocycles. The molecule has 1 fully saturated rings. The van der Waals surface area contributed by atoms with Crippen LogP contribution in [0.2, 0.25) is 0 Å². The van der Waals surface area contributed by atoms with Crippen LogP contribution in [0.25, 0.3) is 0 Å². The molecular weight excluding hydrogens is 116 g/mol. The molecule has 0 bridgehead atoms. The maximum atomic E-state index is 2.33. The zero-order valence-electron chi connectivity index (χ0n) is 4.67. The Kier molecular flexibility index (Phi) is 0.971. The van der Waals surface area contributed by atoms with Crippen LogP contribution in [0.4, 0.5) is 0 Å². The number of hydrogen-bond acceptors (Lipinski definition) is 0. The van der Waals surface area contributed by atoms with Gasteiger partial charge in [0.25, 0.3) is 0 Å². The molecule has 1 heteroatoms. The summed E-state index contributed by atoms with van der Waals surface area (Å²) in [7, 11) is 0.163. The van der Waals surface area contributed by atoms with Crippen molar-refractivity contribution < 1.29 is 0 Å². The first-order valence-corrected chi connectivity index (χ1v) is 4.43. The SMILES string of the molecule is C1=C[SH]([C]2CC2)C=C1. The number of rotatable bonds is 1. The molecule has 1 aliphatic carbocycles. The first-order chi connectivity index (χ1) is 3.97. The molecule has 8 heavy (non-hydrogen) atoms. The summed E-state index contributed by atoms with van der Waals surface area (Å²) in [5, 5.41) is 6.44. The molecule has 0 unspecified atom stereocenters. The molecule has 0 aromatic heterocycles. The fourth-order valence-corrected chi connectivity index (χ4v) is 2.58. The van der Waals surface area contributed by atoms with Crippen LogP contribution in [0.15, 0.2) is 23.0 Å². The molecule has 0 N–H and O–H groups in total. The molecular formula is C7H9S. The summed E-state index contributed by atoms with van der Waals surface area (Å²) < 4.78 is 0. The van der Waals surface area contributed by atoms with Gasteiger partial charge in [0.05, 0.1) is 0 Å². The fraction of sp³-hybridized carbons (Fsp3) is 0.286. The first kappa shape index (κ1) is 4.68. The maximum Gasteiger partial charge on any atom is 0.0181 e. The summed E-state index contributed by atoms with van der Waals surface area (Å²) in [6.07, 6.45) is 7.13. The van der Waals surface area contributed by atoms with Gasteiger partial charge < -0.3 is 0 Å². The molecule has 0 spiro atoms. The minimum Gasteiger partial charge on any atom is -0.206 e. The highest BCUT2D eigenvalue weighted by molar-refractivity contribution is 8.25. The molecule has 0 atom stereocenters. The number of allylic oxidation sites excluding steroid dienone is 2. The van der Waals surface area contributed by atoms with E-state index in [2.05, 4.69) is 23.0 Å². The monoisotopic (exact) mass is 125 g/mol. The minimum atomic E-state index is 0.163. The summed E-state index contributed by atoms with van der Waals surface area (Å²) in [6, 6.07) is 0. The van der Waals surface area contributed by atoms with Crippen molar-refractivity contribution in [2.24, 2.45) is 0 Å². The Morgan fingerprint density at radius 2 is 1.75 bits per heavy atom. The molecule has 0 nitrogen and oxygen atoms in total. The van der Waals surface area contributed by atoms with Crippen molar-refractivity contribution in [3.63, 3.8) is 0 Å². The molecule has 0 amide bonds. The summed E-state index contributed by atoms with van der Waals surface area (Å²) >= 11 is 0. The second-order valence-electron chi connectivity index (χ2n) is 2.16. The van der Waals surface area contributed by atoms with E-state index in [4.69, 9.17) is 0 Å². The average molecular weight is 125 g/mol. The van der Waals surface area contributed by atoms with Crippen LogP contribution >= 0.6 is 10.9 Å². The van der Waals surface area contributed by atoms with E-state index in [9.17, 15) is 0 Å². The zero-order chi connectivity index (χ0) is 5.40. The molecule has 0 saturated heterocycles. The van der Waals surface area contributed by atoms with Crippen molar-refractivity contribution in [1.29, 1.82) is 0 Å². The van der Waals surface area contributed by atoms with Gasteiger partial charge in [0, 0.05) is 5.25 Å². The predicted molar refractivity (Wildman–Crippen MR) is 39.7 cm³/mol. The molecule has 43 valence electrons. The lowest BCUT2D eigenvalue weighted by Crippen LogP contribution is -1.62. The van der Waals surface area contributed by atoms with Gasteiger partial charge in [-0.1, -0.05) is 12.2 Å². The van der Waals surface area contributed by atoms with E-state index in [1.165, 1.54) is 12.8 Å². The maximum absolute atomic E-state index is 2.33. The van der Waals surface area contributed by atoms with Crippen LogP contribution in [-0.4, -0.2) is 0 Å². The van der Waals surface area contributed by atoms with Crippen LogP contribution in [0, 0.1) is 5.25 Å². The highest BCUT2D eigenvalue weighted by Gasteiger charge is 2.26. The van der Waals surface area contributed by atoms with Gasteiger partial charge >= 0.3 is 0 Å². The Bertz CT molecular complexity index is 130. The molecule has 1 radical (unpaired) electrons. The van der Waals surface area contributed by atoms with Gasteiger partial charge in [-0.15, -0.1) is 0 Å². The Balaban J connectivity index is 2.06. The Morgan fingerprint density at radius 3 is 2.25 bits per heavy atom. The molecule has 2 aliphatic rings. The second kappa shape index (κ2) is 1.66. The minimum absolute atomic E-state index is 0.163. The summed E-state index contributed by atoms with van der Waals surface area (Å²) in [4.78, 5) is 0. The van der Waals surface area contributed by atoms with E-state index < -0.39 is 0 Å². The fourth-order valence-electron chi connectivity index (χ4n) is 0.859. The quantitative estimate of drug-likeness (QED) is 0.511. The third kappa shape index (κ3) is 0.711. The topological polar surface area (TPSA) is 0 Å². The molecule has 1 aliphatic heterocycles. The molecule has 0 aromatic carbocycles. The van der Waals surface area contributed by atoms with Crippen LogP contribution in [-0.2, 0) is 0 Å². The van der Waals surface area contributed by atoms with Gasteiger partial charge in [-0.25, -0.2) is 10.9 Å². The van der Waals surface area contributed by atoms with Crippen molar-refractivity contribution in [3.8, 4) is 0 Å². The van der Waals surface area contributed by atoms with E-state index >= 15 is 0 Å². The van der Waals surface area contributed by atoms with E-state index in [-0.39, 0.29) is 10.9 Å². The third-order valence-corrected chi connectivity index (χ3v) is 3.61. The van der Waals surface area contributed by atoms with Crippen LogP contribution in [0.5, 0.6) is 0 Å². The van der Waals surface area contributed by atoms with Gasteiger partial charge in [-0.3, -0.25) is 0 Å². The van der Waals surface area contributed by atoms with Crippen molar-refractivity contribution in [2.75, 3.05) is 0 Å². The zero-order valence-corrected chi connectivity index (χ0v) is 5.57. The van der Waals surface area contributed by atoms with Crippen LogP contribution in [0.3, 0.4) is 0 Å². The van der Waals surface area contributed by atoms with Crippen molar-refractivity contribution in [1.82, 2.24) is 0 Å². The summed E-state index contributed by atoms with van der Waals surface area (Å²) in [5.41, 5.74) is 0. The van der Waals surface area contributed by atoms with E-state index in [1.54, 1.807) is 5.25 Å². The number of thiol groups is 1.